The summed E-state index contributed by atoms with van der Waals surface area (Å²) in [5.41, 5.74) is 2.77. The van der Waals surface area contributed by atoms with Crippen LogP contribution in [0.25, 0.3) is 28.0 Å². The Kier molecular flexibility index (Phi) is 5.56. The molecule has 1 aliphatic rings. The van der Waals surface area contributed by atoms with Crippen LogP contribution < -0.4 is 14.8 Å². The molecule has 1 fully saturated rings. The molecule has 0 bridgehead atoms. The van der Waals surface area contributed by atoms with E-state index >= 15 is 0 Å². The average molecular weight is 422 g/mol. The number of rotatable bonds is 5. The topological polar surface area (TPSA) is 47.6 Å². The molecular weight excluding hydrogens is 402 g/mol. The molecule has 6 heteroatoms. The Labute approximate surface area is 178 Å². The number of ether oxygens (including phenoxy) is 2. The molecular formula is C23H19NO3S2. The lowest BCUT2D eigenvalue weighted by Crippen LogP contribution is -2.17. The zero-order chi connectivity index (χ0) is 20.4. The smallest absolute Gasteiger partial charge is 0.263 e. The molecule has 4 nitrogen and oxygen atoms in total. The van der Waals surface area contributed by atoms with Crippen LogP contribution in [-0.4, -0.2) is 23.9 Å². The number of carbonyl (C=O) groups excluding carboxylic acids is 1. The van der Waals surface area contributed by atoms with Crippen molar-refractivity contribution in [2.45, 2.75) is 6.92 Å². The van der Waals surface area contributed by atoms with Crippen molar-refractivity contribution >= 4 is 51.1 Å². The fourth-order valence-corrected chi connectivity index (χ4v) is 4.34. The lowest BCUT2D eigenvalue weighted by Gasteiger charge is -2.16. The number of nitrogens with one attached hydrogen (secondary N) is 1. The molecule has 0 radical (unpaired) electrons. The summed E-state index contributed by atoms with van der Waals surface area (Å²) >= 11 is 6.35. The molecule has 4 rings (SSSR count). The summed E-state index contributed by atoms with van der Waals surface area (Å²) in [7, 11) is 1.62. The maximum Gasteiger partial charge on any atom is 0.263 e. The quantitative estimate of drug-likeness (QED) is 0.441. The first-order chi connectivity index (χ1) is 14.1. The summed E-state index contributed by atoms with van der Waals surface area (Å²) in [5.74, 6) is 1.13. The first kappa shape index (κ1) is 19.5. The fourth-order valence-electron chi connectivity index (χ4n) is 3.30. The predicted octanol–water partition coefficient (Wildman–Crippen LogP) is 5.40. The Bertz CT molecular complexity index is 1150. The summed E-state index contributed by atoms with van der Waals surface area (Å²) in [6, 6.07) is 18.4. The molecule has 0 spiro atoms. The number of fused-ring (bicyclic) bond motifs is 1. The van der Waals surface area contributed by atoms with Crippen molar-refractivity contribution in [2.75, 3.05) is 13.7 Å². The minimum Gasteiger partial charge on any atom is -0.493 e. The third kappa shape index (κ3) is 3.99. The lowest BCUT2D eigenvalue weighted by atomic mass is 9.98. The maximum absolute atomic E-state index is 12.1. The predicted molar refractivity (Wildman–Crippen MR) is 123 cm³/mol. The Balaban J connectivity index is 1.88. The number of thioether (sulfide) groups is 1. The van der Waals surface area contributed by atoms with Crippen molar-refractivity contribution in [3.8, 4) is 22.6 Å². The van der Waals surface area contributed by atoms with Crippen molar-refractivity contribution in [2.24, 2.45) is 0 Å². The van der Waals surface area contributed by atoms with Gasteiger partial charge in [0.15, 0.2) is 11.5 Å². The summed E-state index contributed by atoms with van der Waals surface area (Å²) in [5, 5.41) is 4.96. The van der Waals surface area contributed by atoms with Gasteiger partial charge in [0.25, 0.3) is 5.91 Å². The molecule has 29 heavy (non-hydrogen) atoms. The van der Waals surface area contributed by atoms with Gasteiger partial charge in [-0.15, -0.1) is 0 Å². The Morgan fingerprint density at radius 3 is 2.59 bits per heavy atom. The molecule has 1 amide bonds. The number of hydrogen-bond acceptors (Lipinski definition) is 5. The third-order valence-electron chi connectivity index (χ3n) is 4.59. The van der Waals surface area contributed by atoms with Gasteiger partial charge in [-0.3, -0.25) is 4.79 Å². The van der Waals surface area contributed by atoms with Crippen molar-refractivity contribution in [3.05, 3.63) is 65.1 Å². The molecule has 1 N–H and O–H groups in total. The highest BCUT2D eigenvalue weighted by atomic mass is 32.2. The van der Waals surface area contributed by atoms with E-state index < -0.39 is 0 Å². The molecule has 3 aromatic rings. The number of thiocarbonyl (C=S) groups is 1. The zero-order valence-electron chi connectivity index (χ0n) is 16.0. The summed E-state index contributed by atoms with van der Waals surface area (Å²) in [4.78, 5) is 12.6. The molecule has 146 valence electrons. The van der Waals surface area contributed by atoms with Gasteiger partial charge in [0.2, 0.25) is 0 Å². The lowest BCUT2D eigenvalue weighted by molar-refractivity contribution is -0.115. The van der Waals surface area contributed by atoms with Gasteiger partial charge in [0.1, 0.15) is 4.32 Å². The van der Waals surface area contributed by atoms with E-state index in [1.165, 1.54) is 17.1 Å². The standard InChI is InChI=1S/C23H19NO3S2/c1-3-27-21-18(17-9-8-15-6-4-5-7-16(15)13-17)10-14(11-19(21)26-2)12-20-22(25)24-23(28)29-20/h4-13H,3H2,1-2H3,(H,24,25,28)/b20-12-. The van der Waals surface area contributed by atoms with Crippen LogP contribution in [-0.2, 0) is 4.79 Å². The van der Waals surface area contributed by atoms with Crippen molar-refractivity contribution in [3.63, 3.8) is 0 Å². The van der Waals surface area contributed by atoms with Crippen LogP contribution in [0.15, 0.2) is 59.5 Å². The number of carbonyl (C=O) groups is 1. The monoisotopic (exact) mass is 421 g/mol. The van der Waals surface area contributed by atoms with Gasteiger partial charge in [-0.25, -0.2) is 0 Å². The number of hydrogen-bond donors (Lipinski definition) is 1. The van der Waals surface area contributed by atoms with Crippen LogP contribution in [0.5, 0.6) is 11.5 Å². The maximum atomic E-state index is 12.1. The number of benzene rings is 3. The van der Waals surface area contributed by atoms with Crippen LogP contribution in [0.4, 0.5) is 0 Å². The molecule has 0 saturated carbocycles. The molecule has 1 heterocycles. The van der Waals surface area contributed by atoms with E-state index in [0.717, 1.165) is 22.1 Å². The van der Waals surface area contributed by atoms with Gasteiger partial charge >= 0.3 is 0 Å². The second kappa shape index (κ2) is 8.27. The highest BCUT2D eigenvalue weighted by Gasteiger charge is 2.23. The molecule has 0 aromatic heterocycles. The van der Waals surface area contributed by atoms with Crippen LogP contribution in [0.2, 0.25) is 0 Å². The van der Waals surface area contributed by atoms with E-state index in [4.69, 9.17) is 21.7 Å². The van der Waals surface area contributed by atoms with Crippen LogP contribution in [0, 0.1) is 0 Å². The highest BCUT2D eigenvalue weighted by Crippen LogP contribution is 2.41. The number of methoxy groups -OCH3 is 1. The molecule has 0 atom stereocenters. The summed E-state index contributed by atoms with van der Waals surface area (Å²) in [6.07, 6.45) is 1.82. The van der Waals surface area contributed by atoms with Gasteiger partial charge in [0.05, 0.1) is 18.6 Å². The van der Waals surface area contributed by atoms with E-state index in [9.17, 15) is 4.79 Å². The minimum atomic E-state index is -0.180. The Hall–Kier alpha value is -2.83. The third-order valence-corrected chi connectivity index (χ3v) is 5.75. The minimum absolute atomic E-state index is 0.180. The van der Waals surface area contributed by atoms with E-state index in [1.807, 2.05) is 37.3 Å². The van der Waals surface area contributed by atoms with Gasteiger partial charge < -0.3 is 14.8 Å². The van der Waals surface area contributed by atoms with E-state index in [2.05, 4.69) is 35.6 Å². The normalized spacial score (nSPS) is 15.0. The highest BCUT2D eigenvalue weighted by molar-refractivity contribution is 8.26. The second-order valence-electron chi connectivity index (χ2n) is 6.45. The van der Waals surface area contributed by atoms with Gasteiger partial charge in [-0.1, -0.05) is 60.4 Å². The molecule has 0 aliphatic carbocycles. The van der Waals surface area contributed by atoms with Crippen LogP contribution >= 0.6 is 24.0 Å². The first-order valence-electron chi connectivity index (χ1n) is 9.18. The number of amides is 1. The molecule has 3 aromatic carbocycles. The second-order valence-corrected chi connectivity index (χ2v) is 8.17. The van der Waals surface area contributed by atoms with Crippen molar-refractivity contribution in [1.29, 1.82) is 0 Å². The molecule has 1 aliphatic heterocycles. The summed E-state index contributed by atoms with van der Waals surface area (Å²) in [6.45, 7) is 2.46. The van der Waals surface area contributed by atoms with Crippen LogP contribution in [0.1, 0.15) is 12.5 Å². The van der Waals surface area contributed by atoms with Gasteiger partial charge in [0, 0.05) is 5.56 Å². The SMILES string of the molecule is CCOc1c(OC)cc(/C=C2\SC(=S)NC2=O)cc1-c1ccc2ccccc2c1. The van der Waals surface area contributed by atoms with Crippen LogP contribution in [0.3, 0.4) is 0 Å². The van der Waals surface area contributed by atoms with E-state index in [0.29, 0.717) is 27.3 Å². The van der Waals surface area contributed by atoms with Crippen molar-refractivity contribution in [1.82, 2.24) is 5.32 Å². The molecule has 1 saturated heterocycles. The van der Waals surface area contributed by atoms with E-state index in [1.54, 1.807) is 7.11 Å². The average Bonchev–Trinajstić information content (AvgIpc) is 3.05. The molecule has 0 unspecified atom stereocenters. The van der Waals surface area contributed by atoms with Crippen molar-refractivity contribution < 1.29 is 14.3 Å². The van der Waals surface area contributed by atoms with Gasteiger partial charge in [-0.2, -0.15) is 0 Å². The van der Waals surface area contributed by atoms with Gasteiger partial charge in [-0.05, 0) is 53.1 Å². The Morgan fingerprint density at radius 2 is 1.90 bits per heavy atom. The van der Waals surface area contributed by atoms with E-state index in [-0.39, 0.29) is 5.91 Å². The first-order valence-corrected chi connectivity index (χ1v) is 10.4. The Morgan fingerprint density at radius 1 is 1.10 bits per heavy atom. The largest absolute Gasteiger partial charge is 0.493 e. The zero-order valence-corrected chi connectivity index (χ0v) is 17.7. The fraction of sp³-hybridized carbons (Fsp3) is 0.130. The summed E-state index contributed by atoms with van der Waals surface area (Å²) < 4.78 is 12.0.